The van der Waals surface area contributed by atoms with Gasteiger partial charge in [0.1, 0.15) is 5.82 Å². The summed E-state index contributed by atoms with van der Waals surface area (Å²) in [6, 6.07) is 11.5. The lowest BCUT2D eigenvalue weighted by Gasteiger charge is -2.28. The zero-order chi connectivity index (χ0) is 21.1. The Morgan fingerprint density at radius 2 is 1.90 bits per heavy atom. The Morgan fingerprint density at radius 1 is 1.17 bits per heavy atom. The topological polar surface area (TPSA) is 92.8 Å². The number of methoxy groups -OCH3 is 1. The second-order valence-electron chi connectivity index (χ2n) is 6.72. The number of nitrogens with one attached hydrogen (secondary N) is 1. The lowest BCUT2D eigenvalue weighted by Crippen LogP contribution is -2.37. The minimum Gasteiger partial charge on any atom is -0.375 e. The largest absolute Gasteiger partial charge is 0.375 e. The maximum Gasteiger partial charge on any atom is 0.240 e. The molecule has 158 valence electrons. The van der Waals surface area contributed by atoms with Crippen molar-refractivity contribution in [1.29, 1.82) is 0 Å². The van der Waals surface area contributed by atoms with E-state index in [2.05, 4.69) is 4.72 Å². The van der Waals surface area contributed by atoms with E-state index in [0.29, 0.717) is 24.2 Å². The van der Waals surface area contributed by atoms with Gasteiger partial charge in [-0.05, 0) is 54.8 Å². The highest BCUT2D eigenvalue weighted by atomic mass is 32.2. The normalized spacial score (nSPS) is 17.8. The average molecular weight is 443 g/mol. The van der Waals surface area contributed by atoms with Crippen molar-refractivity contribution in [2.45, 2.75) is 23.8 Å². The molecule has 2 aromatic rings. The van der Waals surface area contributed by atoms with E-state index in [-0.39, 0.29) is 17.2 Å². The number of halogens is 1. The van der Waals surface area contributed by atoms with E-state index >= 15 is 0 Å². The van der Waals surface area contributed by atoms with Gasteiger partial charge in [-0.1, -0.05) is 12.1 Å². The molecule has 3 rings (SSSR count). The molecule has 1 N–H and O–H groups in total. The van der Waals surface area contributed by atoms with Crippen molar-refractivity contribution in [3.8, 4) is 0 Å². The minimum atomic E-state index is -3.85. The second kappa shape index (κ2) is 8.78. The van der Waals surface area contributed by atoms with Crippen molar-refractivity contribution in [3.05, 3.63) is 59.9 Å². The molecule has 29 heavy (non-hydrogen) atoms. The van der Waals surface area contributed by atoms with Crippen LogP contribution in [0, 0.1) is 5.82 Å². The van der Waals surface area contributed by atoms with E-state index in [1.165, 1.54) is 53.9 Å². The zero-order valence-corrected chi connectivity index (χ0v) is 17.5. The molecule has 0 unspecified atom stereocenters. The average Bonchev–Trinajstić information content (AvgIpc) is 2.68. The van der Waals surface area contributed by atoms with Crippen LogP contribution in [0.2, 0.25) is 0 Å². The van der Waals surface area contributed by atoms with Gasteiger partial charge in [0, 0.05) is 20.2 Å². The molecule has 0 amide bonds. The summed E-state index contributed by atoms with van der Waals surface area (Å²) in [6.45, 7) is 0.306. The maximum atomic E-state index is 13.4. The van der Waals surface area contributed by atoms with Gasteiger partial charge >= 0.3 is 0 Å². The number of sulfonamides is 2. The molecule has 0 aliphatic carbocycles. The number of anilines is 1. The Hall–Kier alpha value is -2.01. The number of ether oxygens (including phenoxy) is 1. The van der Waals surface area contributed by atoms with Gasteiger partial charge in [-0.15, -0.1) is 0 Å². The van der Waals surface area contributed by atoms with Crippen molar-refractivity contribution in [2.75, 3.05) is 30.3 Å². The third-order valence-corrected chi connectivity index (χ3v) is 8.06. The molecule has 1 saturated heterocycles. The van der Waals surface area contributed by atoms with Crippen LogP contribution in [-0.2, 0) is 24.8 Å². The molecule has 0 spiro atoms. The predicted molar refractivity (Wildman–Crippen MR) is 108 cm³/mol. The molecule has 0 radical (unpaired) electrons. The van der Waals surface area contributed by atoms with Crippen LogP contribution in [0.25, 0.3) is 0 Å². The van der Waals surface area contributed by atoms with Crippen LogP contribution >= 0.6 is 0 Å². The van der Waals surface area contributed by atoms with Crippen LogP contribution in [-0.4, -0.2) is 42.8 Å². The first-order valence-electron chi connectivity index (χ1n) is 9.11. The van der Waals surface area contributed by atoms with Crippen molar-refractivity contribution >= 4 is 25.7 Å². The van der Waals surface area contributed by atoms with Crippen molar-refractivity contribution < 1.29 is 26.0 Å². The summed E-state index contributed by atoms with van der Waals surface area (Å²) in [5.74, 6) is -0.344. The van der Waals surface area contributed by atoms with Gasteiger partial charge in [0.25, 0.3) is 0 Å². The molecule has 1 atom stereocenters. The number of benzene rings is 2. The van der Waals surface area contributed by atoms with Gasteiger partial charge in [-0.25, -0.2) is 25.9 Å². The predicted octanol–water partition coefficient (Wildman–Crippen LogP) is 2.42. The van der Waals surface area contributed by atoms with Crippen LogP contribution in [0.5, 0.6) is 0 Å². The summed E-state index contributed by atoms with van der Waals surface area (Å²) in [5, 5.41) is 0. The fraction of sp³-hybridized carbons (Fsp3) is 0.368. The Bertz CT molecular complexity index is 1060. The summed E-state index contributed by atoms with van der Waals surface area (Å²) in [5.41, 5.74) is 0.957. The molecular formula is C19H23FN2O5S2. The molecule has 0 bridgehead atoms. The lowest BCUT2D eigenvalue weighted by molar-refractivity contribution is 0.107. The third kappa shape index (κ3) is 5.13. The van der Waals surface area contributed by atoms with Gasteiger partial charge < -0.3 is 4.74 Å². The highest BCUT2D eigenvalue weighted by Gasteiger charge is 2.26. The van der Waals surface area contributed by atoms with E-state index in [9.17, 15) is 21.2 Å². The minimum absolute atomic E-state index is 0.00440. The van der Waals surface area contributed by atoms with E-state index in [0.717, 1.165) is 6.42 Å². The summed E-state index contributed by atoms with van der Waals surface area (Å²) in [6.07, 6.45) is 0.735. The first-order chi connectivity index (χ1) is 13.7. The molecule has 1 heterocycles. The highest BCUT2D eigenvalue weighted by Crippen LogP contribution is 2.25. The van der Waals surface area contributed by atoms with Crippen LogP contribution in [0.4, 0.5) is 10.1 Å². The Kier molecular flexibility index (Phi) is 6.57. The van der Waals surface area contributed by atoms with Crippen molar-refractivity contribution in [2.24, 2.45) is 0 Å². The standard InChI is InChI=1S/C19H23FN2O5S2/c1-27-19(15-5-4-6-16(20)13-15)14-21-29(25,26)18-9-7-17(8-10-18)22-11-2-3-12-28(22,23)24/h4-10,13,19,21H,2-3,11-12,14H2,1H3/t19-/m1/s1. The molecule has 2 aromatic carbocycles. The van der Waals surface area contributed by atoms with Crippen LogP contribution < -0.4 is 9.03 Å². The molecule has 10 heteroatoms. The maximum absolute atomic E-state index is 13.4. The highest BCUT2D eigenvalue weighted by molar-refractivity contribution is 7.92. The van der Waals surface area contributed by atoms with Gasteiger partial charge in [0.15, 0.2) is 0 Å². The number of rotatable bonds is 7. The van der Waals surface area contributed by atoms with Crippen molar-refractivity contribution in [1.82, 2.24) is 4.72 Å². The Labute approximate surface area is 170 Å². The molecule has 0 aromatic heterocycles. The number of hydrogen-bond acceptors (Lipinski definition) is 5. The van der Waals surface area contributed by atoms with Gasteiger partial charge in [-0.2, -0.15) is 0 Å². The quantitative estimate of drug-likeness (QED) is 0.711. The first-order valence-corrected chi connectivity index (χ1v) is 12.2. The zero-order valence-electron chi connectivity index (χ0n) is 15.9. The fourth-order valence-corrected chi connectivity index (χ4v) is 5.85. The summed E-state index contributed by atoms with van der Waals surface area (Å²) in [7, 11) is -5.80. The van der Waals surface area contributed by atoms with E-state index < -0.39 is 32.0 Å². The van der Waals surface area contributed by atoms with Crippen LogP contribution in [0.1, 0.15) is 24.5 Å². The van der Waals surface area contributed by atoms with Gasteiger partial charge in [0.05, 0.1) is 22.4 Å². The Morgan fingerprint density at radius 3 is 2.52 bits per heavy atom. The van der Waals surface area contributed by atoms with E-state index in [1.807, 2.05) is 0 Å². The first kappa shape index (κ1) is 21.7. The molecule has 1 fully saturated rings. The summed E-state index contributed by atoms with van der Waals surface area (Å²) >= 11 is 0. The SMILES string of the molecule is CO[C@H](CNS(=O)(=O)c1ccc(N2CCCCS2(=O)=O)cc1)c1cccc(F)c1. The second-order valence-corrected chi connectivity index (χ2v) is 10.5. The molecule has 1 aliphatic rings. The Balaban J connectivity index is 1.72. The van der Waals surface area contributed by atoms with Gasteiger partial charge in [0.2, 0.25) is 20.0 Å². The molecule has 1 aliphatic heterocycles. The molecule has 7 nitrogen and oxygen atoms in total. The number of hydrogen-bond donors (Lipinski definition) is 1. The smallest absolute Gasteiger partial charge is 0.240 e. The number of nitrogens with zero attached hydrogens (tertiary/aromatic N) is 1. The summed E-state index contributed by atoms with van der Waals surface area (Å²) in [4.78, 5) is 0.00440. The van der Waals surface area contributed by atoms with E-state index in [1.54, 1.807) is 6.07 Å². The fourth-order valence-electron chi connectivity index (χ4n) is 3.18. The van der Waals surface area contributed by atoms with Crippen molar-refractivity contribution in [3.63, 3.8) is 0 Å². The van der Waals surface area contributed by atoms with E-state index in [4.69, 9.17) is 4.74 Å². The molecule has 0 saturated carbocycles. The summed E-state index contributed by atoms with van der Waals surface area (Å²) < 4.78 is 72.0. The lowest BCUT2D eigenvalue weighted by atomic mass is 10.1. The monoisotopic (exact) mass is 442 g/mol. The third-order valence-electron chi connectivity index (χ3n) is 4.75. The molecular weight excluding hydrogens is 419 g/mol. The van der Waals surface area contributed by atoms with Crippen LogP contribution in [0.15, 0.2) is 53.4 Å². The van der Waals surface area contributed by atoms with Crippen LogP contribution in [0.3, 0.4) is 0 Å². The van der Waals surface area contributed by atoms with Gasteiger partial charge in [-0.3, -0.25) is 4.31 Å².